The molecule has 1 aromatic rings. The van der Waals surface area contributed by atoms with Crippen LogP contribution in [0.15, 0.2) is 24.3 Å². The van der Waals surface area contributed by atoms with Crippen LogP contribution in [0.5, 0.6) is 0 Å². The molecule has 0 aliphatic rings. The first kappa shape index (κ1) is 14.2. The highest BCUT2D eigenvalue weighted by atomic mass is 16.4. The van der Waals surface area contributed by atoms with Gasteiger partial charge in [-0.15, -0.1) is 0 Å². The number of para-hydroxylation sites is 1. The van der Waals surface area contributed by atoms with E-state index in [1.165, 1.54) is 0 Å². The Hall–Kier alpha value is -1.88. The molecule has 98 valence electrons. The van der Waals surface area contributed by atoms with Gasteiger partial charge in [-0.05, 0) is 32.0 Å². The number of nitrogens with one attached hydrogen (secondary N) is 2. The van der Waals surface area contributed by atoms with Crippen molar-refractivity contribution in [1.82, 2.24) is 5.32 Å². The fraction of sp³-hybridized carbons (Fsp3) is 0.385. The van der Waals surface area contributed by atoms with Crippen molar-refractivity contribution in [3.63, 3.8) is 0 Å². The molecule has 0 fully saturated rings. The van der Waals surface area contributed by atoms with Crippen molar-refractivity contribution in [2.75, 3.05) is 12.4 Å². The monoisotopic (exact) mass is 250 g/mol. The molecule has 1 unspecified atom stereocenters. The summed E-state index contributed by atoms with van der Waals surface area (Å²) in [6.07, 6.45) is 0.453. The van der Waals surface area contributed by atoms with Crippen LogP contribution >= 0.6 is 0 Å². The van der Waals surface area contributed by atoms with Crippen LogP contribution in [0.25, 0.3) is 0 Å². The van der Waals surface area contributed by atoms with Gasteiger partial charge in [0.05, 0.1) is 6.04 Å². The fourth-order valence-corrected chi connectivity index (χ4v) is 1.47. The normalized spacial score (nSPS) is 11.9. The lowest BCUT2D eigenvalue weighted by Crippen LogP contribution is -2.35. The number of anilines is 1. The van der Waals surface area contributed by atoms with E-state index in [9.17, 15) is 9.59 Å². The van der Waals surface area contributed by atoms with E-state index in [0.29, 0.717) is 12.1 Å². The number of carboxylic acid groups (broad SMARTS) is 1. The van der Waals surface area contributed by atoms with Gasteiger partial charge in [-0.2, -0.15) is 0 Å². The van der Waals surface area contributed by atoms with E-state index >= 15 is 0 Å². The summed E-state index contributed by atoms with van der Waals surface area (Å²) in [5, 5.41) is 14.3. The summed E-state index contributed by atoms with van der Waals surface area (Å²) in [6.45, 7) is 1.76. The van der Waals surface area contributed by atoms with E-state index in [4.69, 9.17) is 5.11 Å². The highest BCUT2D eigenvalue weighted by Gasteiger charge is 2.12. The first-order valence-electron chi connectivity index (χ1n) is 5.82. The fourth-order valence-electron chi connectivity index (χ4n) is 1.47. The van der Waals surface area contributed by atoms with Crippen LogP contribution in [0, 0.1) is 0 Å². The molecule has 0 heterocycles. The molecule has 0 bridgehead atoms. The molecule has 3 N–H and O–H groups in total. The molecule has 0 saturated heterocycles. The lowest BCUT2D eigenvalue weighted by atomic mass is 10.1. The van der Waals surface area contributed by atoms with Gasteiger partial charge in [-0.1, -0.05) is 18.2 Å². The quantitative estimate of drug-likeness (QED) is 0.710. The number of benzene rings is 1. The number of carboxylic acids is 1. The van der Waals surface area contributed by atoms with Gasteiger partial charge in [0, 0.05) is 12.1 Å². The molecule has 1 rings (SSSR count). The van der Waals surface area contributed by atoms with Crippen molar-refractivity contribution in [1.29, 1.82) is 0 Å². The number of amides is 1. The number of rotatable bonds is 6. The zero-order chi connectivity index (χ0) is 13.5. The van der Waals surface area contributed by atoms with Gasteiger partial charge in [-0.25, -0.2) is 0 Å². The summed E-state index contributed by atoms with van der Waals surface area (Å²) < 4.78 is 0. The molecule has 0 aromatic heterocycles. The molecule has 0 saturated carbocycles. The van der Waals surface area contributed by atoms with Crippen LogP contribution in [-0.4, -0.2) is 30.1 Å². The predicted octanol–water partition coefficient (Wildman–Crippen LogP) is 1.25. The maximum absolute atomic E-state index is 11.7. The van der Waals surface area contributed by atoms with E-state index in [0.717, 1.165) is 5.56 Å². The van der Waals surface area contributed by atoms with Gasteiger partial charge < -0.3 is 15.7 Å². The van der Waals surface area contributed by atoms with Gasteiger partial charge in [0.1, 0.15) is 0 Å². The third-order valence-corrected chi connectivity index (χ3v) is 2.71. The first-order chi connectivity index (χ1) is 8.54. The number of hydrogen-bond acceptors (Lipinski definition) is 3. The Bertz CT molecular complexity index is 432. The third kappa shape index (κ3) is 4.18. The maximum Gasteiger partial charge on any atom is 0.303 e. The first-order valence-corrected chi connectivity index (χ1v) is 5.82. The average molecular weight is 250 g/mol. The van der Waals surface area contributed by atoms with Crippen molar-refractivity contribution in [2.24, 2.45) is 0 Å². The Morgan fingerprint density at radius 2 is 2.00 bits per heavy atom. The summed E-state index contributed by atoms with van der Waals surface area (Å²) in [6, 6.07) is 6.94. The van der Waals surface area contributed by atoms with Gasteiger partial charge in [0.25, 0.3) is 0 Å². The van der Waals surface area contributed by atoms with Crippen LogP contribution in [0.3, 0.4) is 0 Å². The molecular formula is C13H18N2O3. The summed E-state index contributed by atoms with van der Waals surface area (Å²) in [4.78, 5) is 22.3. The number of likely N-dealkylation sites (N-methyl/N-ethyl adjacent to an activating group) is 1. The van der Waals surface area contributed by atoms with Crippen molar-refractivity contribution in [2.45, 2.75) is 25.8 Å². The minimum absolute atomic E-state index is 0.0501. The minimum atomic E-state index is -0.847. The molecule has 0 aliphatic heterocycles. The second-order valence-electron chi connectivity index (χ2n) is 4.05. The Morgan fingerprint density at radius 1 is 1.33 bits per heavy atom. The van der Waals surface area contributed by atoms with Crippen molar-refractivity contribution in [3.8, 4) is 0 Å². The number of aryl methyl sites for hydroxylation is 1. The van der Waals surface area contributed by atoms with Crippen molar-refractivity contribution >= 4 is 17.6 Å². The molecule has 1 amide bonds. The standard InChI is InChI=1S/C13H18N2O3/c1-9(14-2)13(18)15-11-6-4-3-5-10(11)7-8-12(16)17/h3-6,9,14H,7-8H2,1-2H3,(H,15,18)(H,16,17). The zero-order valence-corrected chi connectivity index (χ0v) is 10.6. The number of carbonyl (C=O) groups is 2. The van der Waals surface area contributed by atoms with Crippen LogP contribution in [-0.2, 0) is 16.0 Å². The molecule has 5 nitrogen and oxygen atoms in total. The number of aliphatic carboxylic acids is 1. The van der Waals surface area contributed by atoms with E-state index in [-0.39, 0.29) is 18.4 Å². The number of carbonyl (C=O) groups excluding carboxylic acids is 1. The summed E-state index contributed by atoms with van der Waals surface area (Å²) in [5.41, 5.74) is 1.50. The molecule has 5 heteroatoms. The average Bonchev–Trinajstić information content (AvgIpc) is 2.36. The Balaban J connectivity index is 2.75. The Kier molecular flexibility index (Phi) is 5.32. The SMILES string of the molecule is CNC(C)C(=O)Nc1ccccc1CCC(=O)O. The van der Waals surface area contributed by atoms with E-state index < -0.39 is 5.97 Å². The topological polar surface area (TPSA) is 78.4 Å². The molecular weight excluding hydrogens is 232 g/mol. The molecule has 18 heavy (non-hydrogen) atoms. The summed E-state index contributed by atoms with van der Waals surface area (Å²) in [5.74, 6) is -0.986. The smallest absolute Gasteiger partial charge is 0.303 e. The van der Waals surface area contributed by atoms with Crippen LogP contribution in [0.2, 0.25) is 0 Å². The predicted molar refractivity (Wildman–Crippen MR) is 69.6 cm³/mol. The van der Waals surface area contributed by atoms with Gasteiger partial charge in [-0.3, -0.25) is 9.59 Å². The summed E-state index contributed by atoms with van der Waals surface area (Å²) >= 11 is 0. The second-order valence-corrected chi connectivity index (χ2v) is 4.05. The molecule has 0 spiro atoms. The third-order valence-electron chi connectivity index (χ3n) is 2.71. The van der Waals surface area contributed by atoms with E-state index in [2.05, 4.69) is 10.6 Å². The molecule has 0 aliphatic carbocycles. The van der Waals surface area contributed by atoms with Crippen LogP contribution in [0.4, 0.5) is 5.69 Å². The van der Waals surface area contributed by atoms with Gasteiger partial charge in [0.15, 0.2) is 0 Å². The minimum Gasteiger partial charge on any atom is -0.481 e. The zero-order valence-electron chi connectivity index (χ0n) is 10.6. The highest BCUT2D eigenvalue weighted by Crippen LogP contribution is 2.17. The van der Waals surface area contributed by atoms with Crippen molar-refractivity contribution < 1.29 is 14.7 Å². The second kappa shape index (κ2) is 6.76. The molecule has 1 aromatic carbocycles. The van der Waals surface area contributed by atoms with E-state index in [1.807, 2.05) is 18.2 Å². The molecule has 0 radical (unpaired) electrons. The van der Waals surface area contributed by atoms with Crippen LogP contribution < -0.4 is 10.6 Å². The lowest BCUT2D eigenvalue weighted by molar-refractivity contribution is -0.136. The van der Waals surface area contributed by atoms with Crippen LogP contribution in [0.1, 0.15) is 18.9 Å². The van der Waals surface area contributed by atoms with Crippen molar-refractivity contribution in [3.05, 3.63) is 29.8 Å². The highest BCUT2D eigenvalue weighted by molar-refractivity contribution is 5.95. The number of hydrogen-bond donors (Lipinski definition) is 3. The lowest BCUT2D eigenvalue weighted by Gasteiger charge is -2.14. The van der Waals surface area contributed by atoms with E-state index in [1.54, 1.807) is 20.0 Å². The van der Waals surface area contributed by atoms with Gasteiger partial charge in [0.2, 0.25) is 5.91 Å². The maximum atomic E-state index is 11.7. The van der Waals surface area contributed by atoms with Gasteiger partial charge >= 0.3 is 5.97 Å². The largest absolute Gasteiger partial charge is 0.481 e. The summed E-state index contributed by atoms with van der Waals surface area (Å²) in [7, 11) is 1.71. The Labute approximate surface area is 106 Å². The molecule has 1 atom stereocenters. The Morgan fingerprint density at radius 3 is 2.61 bits per heavy atom.